The summed E-state index contributed by atoms with van der Waals surface area (Å²) in [6, 6.07) is 7.14. The molecule has 0 bridgehead atoms. The first-order chi connectivity index (χ1) is 11.8. The second kappa shape index (κ2) is 7.42. The minimum absolute atomic E-state index is 0.706. The normalized spacial score (nSPS) is 28.5. The lowest BCUT2D eigenvalue weighted by molar-refractivity contribution is 0.148. The minimum Gasteiger partial charge on any atom is -0.384 e. The molecule has 3 aliphatic heterocycles. The molecule has 0 spiro atoms. The van der Waals surface area contributed by atoms with Gasteiger partial charge in [0.2, 0.25) is 0 Å². The van der Waals surface area contributed by atoms with Gasteiger partial charge in [0.25, 0.3) is 0 Å². The van der Waals surface area contributed by atoms with Crippen molar-refractivity contribution in [3.63, 3.8) is 0 Å². The average molecular weight is 329 g/mol. The molecule has 4 heteroatoms. The molecule has 24 heavy (non-hydrogen) atoms. The van der Waals surface area contributed by atoms with Gasteiger partial charge in [-0.15, -0.1) is 0 Å². The van der Waals surface area contributed by atoms with Crippen LogP contribution in [0, 0.1) is 5.92 Å². The van der Waals surface area contributed by atoms with Crippen LogP contribution in [-0.2, 0) is 6.54 Å². The molecule has 2 fully saturated rings. The van der Waals surface area contributed by atoms with Crippen LogP contribution in [0.3, 0.4) is 0 Å². The molecule has 1 aromatic carbocycles. The molecule has 2 atom stereocenters. The number of hydrogen-bond acceptors (Lipinski definition) is 4. The summed E-state index contributed by atoms with van der Waals surface area (Å²) < 4.78 is 0. The van der Waals surface area contributed by atoms with Crippen molar-refractivity contribution in [2.75, 3.05) is 58.2 Å². The molecule has 0 radical (unpaired) electrons. The van der Waals surface area contributed by atoms with E-state index in [9.17, 15) is 0 Å². The fraction of sp³-hybridized carbons (Fsp3) is 0.700. The molecule has 3 heterocycles. The summed E-state index contributed by atoms with van der Waals surface area (Å²) in [4.78, 5) is 5.03. The number of piperidine rings is 1. The summed E-state index contributed by atoms with van der Waals surface area (Å²) in [5.74, 6) is 1.56. The van der Waals surface area contributed by atoms with Gasteiger partial charge in [0.05, 0.1) is 0 Å². The number of likely N-dealkylation sites (N-methyl/N-ethyl adjacent to an activating group) is 1. The number of nitrogens with zero attached hydrogens (tertiary/aromatic N) is 2. The molecule has 0 amide bonds. The van der Waals surface area contributed by atoms with Gasteiger partial charge in [0.1, 0.15) is 0 Å². The topological polar surface area (TPSA) is 30.5 Å². The van der Waals surface area contributed by atoms with Crippen molar-refractivity contribution in [3.8, 4) is 0 Å². The van der Waals surface area contributed by atoms with Crippen molar-refractivity contribution in [1.29, 1.82) is 0 Å². The predicted molar refractivity (Wildman–Crippen MR) is 101 cm³/mol. The lowest BCUT2D eigenvalue weighted by atomic mass is 9.86. The Morgan fingerprint density at radius 3 is 2.79 bits per heavy atom. The molecule has 2 saturated heterocycles. The molecule has 3 aliphatic rings. The van der Waals surface area contributed by atoms with E-state index < -0.39 is 0 Å². The fourth-order valence-corrected chi connectivity index (χ4v) is 4.55. The van der Waals surface area contributed by atoms with E-state index in [4.69, 9.17) is 0 Å². The van der Waals surface area contributed by atoms with Gasteiger partial charge in [-0.2, -0.15) is 0 Å². The van der Waals surface area contributed by atoms with Crippen LogP contribution in [0.25, 0.3) is 0 Å². The third-order valence-electron chi connectivity index (χ3n) is 6.11. The van der Waals surface area contributed by atoms with E-state index in [0.29, 0.717) is 5.92 Å². The molecular formula is C20H32N4. The number of rotatable bonds is 4. The summed E-state index contributed by atoms with van der Waals surface area (Å²) in [5, 5.41) is 7.21. The maximum atomic E-state index is 3.64. The van der Waals surface area contributed by atoms with Crippen LogP contribution in [0.4, 0.5) is 5.69 Å². The van der Waals surface area contributed by atoms with Crippen LogP contribution < -0.4 is 10.6 Å². The zero-order valence-corrected chi connectivity index (χ0v) is 15.1. The number of benzene rings is 1. The molecular weight excluding hydrogens is 296 g/mol. The highest BCUT2D eigenvalue weighted by molar-refractivity contribution is 5.59. The SMILES string of the molecule is CN1CCN(Cc2ccc3c(c2)C(CC2CCCNC2)CN3)CC1. The summed E-state index contributed by atoms with van der Waals surface area (Å²) in [5.41, 5.74) is 4.45. The Kier molecular flexibility index (Phi) is 5.06. The Labute approximate surface area is 146 Å². The Bertz CT molecular complexity index is 545. The van der Waals surface area contributed by atoms with Gasteiger partial charge in [-0.3, -0.25) is 4.90 Å². The third kappa shape index (κ3) is 3.76. The van der Waals surface area contributed by atoms with Gasteiger partial charge in [0.15, 0.2) is 0 Å². The Morgan fingerprint density at radius 1 is 1.12 bits per heavy atom. The second-order valence-corrected chi connectivity index (χ2v) is 8.03. The molecule has 132 valence electrons. The van der Waals surface area contributed by atoms with Gasteiger partial charge in [-0.25, -0.2) is 0 Å². The third-order valence-corrected chi connectivity index (χ3v) is 6.11. The van der Waals surface area contributed by atoms with E-state index in [1.165, 1.54) is 69.8 Å². The molecule has 2 unspecified atom stereocenters. The molecule has 4 nitrogen and oxygen atoms in total. The van der Waals surface area contributed by atoms with Gasteiger partial charge in [-0.1, -0.05) is 12.1 Å². The van der Waals surface area contributed by atoms with Gasteiger partial charge in [0, 0.05) is 50.9 Å². The molecule has 0 aliphatic carbocycles. The van der Waals surface area contributed by atoms with E-state index in [1.54, 1.807) is 5.56 Å². The fourth-order valence-electron chi connectivity index (χ4n) is 4.55. The van der Waals surface area contributed by atoms with Gasteiger partial charge < -0.3 is 15.5 Å². The van der Waals surface area contributed by atoms with Crippen LogP contribution in [0.5, 0.6) is 0 Å². The number of fused-ring (bicyclic) bond motifs is 1. The zero-order valence-electron chi connectivity index (χ0n) is 15.1. The highest BCUT2D eigenvalue weighted by atomic mass is 15.2. The van der Waals surface area contributed by atoms with Gasteiger partial charge in [-0.05, 0) is 62.5 Å². The first-order valence-corrected chi connectivity index (χ1v) is 9.76. The van der Waals surface area contributed by atoms with Crippen LogP contribution in [0.15, 0.2) is 18.2 Å². The Morgan fingerprint density at radius 2 is 2.00 bits per heavy atom. The maximum Gasteiger partial charge on any atom is 0.0376 e. The van der Waals surface area contributed by atoms with Crippen molar-refractivity contribution >= 4 is 5.69 Å². The number of anilines is 1. The average Bonchev–Trinajstić information content (AvgIpc) is 3.00. The van der Waals surface area contributed by atoms with Crippen LogP contribution >= 0.6 is 0 Å². The Balaban J connectivity index is 1.40. The lowest BCUT2D eigenvalue weighted by Gasteiger charge is -2.32. The zero-order chi connectivity index (χ0) is 16.4. The standard InChI is InChI=1S/C20H32N4/c1-23-7-9-24(10-8-23)15-17-4-5-20-19(12-17)18(14-22-20)11-16-3-2-6-21-13-16/h4-5,12,16,18,21-22H,2-3,6-11,13-15H2,1H3. The van der Waals surface area contributed by atoms with Crippen molar-refractivity contribution in [3.05, 3.63) is 29.3 Å². The van der Waals surface area contributed by atoms with E-state index >= 15 is 0 Å². The highest BCUT2D eigenvalue weighted by Gasteiger charge is 2.26. The summed E-state index contributed by atoms with van der Waals surface area (Å²) >= 11 is 0. The monoisotopic (exact) mass is 328 g/mol. The maximum absolute atomic E-state index is 3.64. The molecule has 0 aromatic heterocycles. The molecule has 0 saturated carbocycles. The first-order valence-electron chi connectivity index (χ1n) is 9.76. The smallest absolute Gasteiger partial charge is 0.0376 e. The largest absolute Gasteiger partial charge is 0.384 e. The van der Waals surface area contributed by atoms with Gasteiger partial charge >= 0.3 is 0 Å². The lowest BCUT2D eigenvalue weighted by Crippen LogP contribution is -2.43. The van der Waals surface area contributed by atoms with Crippen molar-refractivity contribution < 1.29 is 0 Å². The first kappa shape index (κ1) is 16.4. The minimum atomic E-state index is 0.706. The van der Waals surface area contributed by atoms with E-state index in [0.717, 1.165) is 19.0 Å². The quantitative estimate of drug-likeness (QED) is 0.888. The molecule has 4 rings (SSSR count). The van der Waals surface area contributed by atoms with E-state index in [1.807, 2.05) is 0 Å². The van der Waals surface area contributed by atoms with Crippen molar-refractivity contribution in [2.24, 2.45) is 5.92 Å². The van der Waals surface area contributed by atoms with Crippen LogP contribution in [-0.4, -0.2) is 62.7 Å². The predicted octanol–water partition coefficient (Wildman–Crippen LogP) is 2.33. The van der Waals surface area contributed by atoms with E-state index in [-0.39, 0.29) is 0 Å². The van der Waals surface area contributed by atoms with Crippen LogP contribution in [0.1, 0.15) is 36.3 Å². The Hall–Kier alpha value is -1.10. The van der Waals surface area contributed by atoms with E-state index in [2.05, 4.69) is 45.7 Å². The van der Waals surface area contributed by atoms with Crippen molar-refractivity contribution in [2.45, 2.75) is 31.7 Å². The highest BCUT2D eigenvalue weighted by Crippen LogP contribution is 2.37. The second-order valence-electron chi connectivity index (χ2n) is 8.03. The summed E-state index contributed by atoms with van der Waals surface area (Å²) in [7, 11) is 2.23. The number of hydrogen-bond donors (Lipinski definition) is 2. The van der Waals surface area contributed by atoms with Crippen molar-refractivity contribution in [1.82, 2.24) is 15.1 Å². The molecule has 2 N–H and O–H groups in total. The summed E-state index contributed by atoms with van der Waals surface area (Å²) in [6.07, 6.45) is 4.09. The molecule has 1 aromatic rings. The number of piperazine rings is 1. The van der Waals surface area contributed by atoms with Crippen LogP contribution in [0.2, 0.25) is 0 Å². The number of nitrogens with one attached hydrogen (secondary N) is 2. The summed E-state index contributed by atoms with van der Waals surface area (Å²) in [6.45, 7) is 9.46.